The molecular weight excluding hydrogens is 264 g/mol. The Hall–Kier alpha value is -2.55. The second kappa shape index (κ2) is 5.83. The van der Waals surface area contributed by atoms with Crippen molar-refractivity contribution >= 4 is 11.9 Å². The molecule has 108 valence electrons. The van der Waals surface area contributed by atoms with Crippen molar-refractivity contribution < 1.29 is 15.0 Å². The van der Waals surface area contributed by atoms with Crippen molar-refractivity contribution in [2.75, 3.05) is 0 Å². The molecule has 2 N–H and O–H groups in total. The van der Waals surface area contributed by atoms with Crippen molar-refractivity contribution in [3.05, 3.63) is 64.2 Å². The van der Waals surface area contributed by atoms with Crippen LogP contribution in [0, 0.1) is 20.8 Å². The molecule has 0 radical (unpaired) electrons. The van der Waals surface area contributed by atoms with Gasteiger partial charge in [-0.1, -0.05) is 6.08 Å². The first-order valence-corrected chi connectivity index (χ1v) is 6.70. The van der Waals surface area contributed by atoms with Crippen molar-refractivity contribution in [2.45, 2.75) is 20.8 Å². The van der Waals surface area contributed by atoms with Crippen molar-refractivity contribution in [1.29, 1.82) is 0 Å². The molecule has 2 aromatic carbocycles. The van der Waals surface area contributed by atoms with Crippen LogP contribution >= 0.6 is 0 Å². The lowest BCUT2D eigenvalue weighted by Gasteiger charge is -2.05. The fraction of sp³-hybridized carbons (Fsp3) is 0.167. The van der Waals surface area contributed by atoms with E-state index in [-0.39, 0.29) is 17.3 Å². The highest BCUT2D eigenvalue weighted by molar-refractivity contribution is 6.07. The zero-order chi connectivity index (χ0) is 15.6. The second-order valence-electron chi connectivity index (χ2n) is 5.20. The van der Waals surface area contributed by atoms with Gasteiger partial charge in [0, 0.05) is 5.56 Å². The molecule has 0 heterocycles. The van der Waals surface area contributed by atoms with Gasteiger partial charge in [-0.2, -0.15) is 0 Å². The number of carbonyl (C=O) groups excluding carboxylic acids is 1. The van der Waals surface area contributed by atoms with Crippen molar-refractivity contribution in [3.8, 4) is 11.5 Å². The van der Waals surface area contributed by atoms with Gasteiger partial charge in [0.1, 0.15) is 11.5 Å². The summed E-state index contributed by atoms with van der Waals surface area (Å²) in [5.41, 5.74) is 3.64. The van der Waals surface area contributed by atoms with Gasteiger partial charge < -0.3 is 10.2 Å². The second-order valence-corrected chi connectivity index (χ2v) is 5.20. The third-order valence-electron chi connectivity index (χ3n) is 3.42. The number of hydrogen-bond acceptors (Lipinski definition) is 3. The average molecular weight is 282 g/mol. The van der Waals surface area contributed by atoms with Crippen LogP contribution in [-0.4, -0.2) is 16.0 Å². The van der Waals surface area contributed by atoms with Crippen LogP contribution in [0.5, 0.6) is 11.5 Å². The summed E-state index contributed by atoms with van der Waals surface area (Å²) in [4.78, 5) is 12.1. The number of phenols is 2. The molecule has 0 fully saturated rings. The summed E-state index contributed by atoms with van der Waals surface area (Å²) in [7, 11) is 0. The largest absolute Gasteiger partial charge is 0.508 e. The highest BCUT2D eigenvalue weighted by atomic mass is 16.3. The Balaban J connectivity index is 2.24. The quantitative estimate of drug-likeness (QED) is 0.662. The molecule has 0 aliphatic heterocycles. The molecule has 3 heteroatoms. The lowest BCUT2D eigenvalue weighted by molar-refractivity contribution is 0.104. The predicted octanol–water partition coefficient (Wildman–Crippen LogP) is 3.92. The minimum atomic E-state index is -0.124. The maximum Gasteiger partial charge on any atom is 0.185 e. The Morgan fingerprint density at radius 2 is 1.57 bits per heavy atom. The van der Waals surface area contributed by atoms with Crippen LogP contribution in [0.1, 0.15) is 32.6 Å². The molecule has 0 amide bonds. The summed E-state index contributed by atoms with van der Waals surface area (Å²) in [6.45, 7) is 5.40. The minimum Gasteiger partial charge on any atom is -0.508 e. The molecule has 0 spiro atoms. The number of carbonyl (C=O) groups is 1. The SMILES string of the molecule is Cc1cc(C(=O)C=Cc2cc(C)c(O)c(C)c2)ccc1O. The van der Waals surface area contributed by atoms with Gasteiger partial charge in [-0.15, -0.1) is 0 Å². The Bertz CT molecular complexity index is 704. The van der Waals surface area contributed by atoms with Gasteiger partial charge in [0.15, 0.2) is 5.78 Å². The van der Waals surface area contributed by atoms with Crippen LogP contribution in [0.25, 0.3) is 6.08 Å². The summed E-state index contributed by atoms with van der Waals surface area (Å²) in [6, 6.07) is 8.44. The lowest BCUT2D eigenvalue weighted by atomic mass is 10.0. The van der Waals surface area contributed by atoms with E-state index >= 15 is 0 Å². The summed E-state index contributed by atoms with van der Waals surface area (Å²) >= 11 is 0. The van der Waals surface area contributed by atoms with Crippen molar-refractivity contribution in [1.82, 2.24) is 0 Å². The summed E-state index contributed by atoms with van der Waals surface area (Å²) in [5.74, 6) is 0.342. The van der Waals surface area contributed by atoms with Crippen LogP contribution in [0.2, 0.25) is 0 Å². The van der Waals surface area contributed by atoms with Gasteiger partial charge in [0.05, 0.1) is 0 Å². The summed E-state index contributed by atoms with van der Waals surface area (Å²) in [5, 5.41) is 19.2. The topological polar surface area (TPSA) is 57.5 Å². The molecule has 0 aliphatic rings. The normalized spacial score (nSPS) is 11.0. The fourth-order valence-corrected chi connectivity index (χ4v) is 2.16. The monoisotopic (exact) mass is 282 g/mol. The Labute approximate surface area is 124 Å². The maximum atomic E-state index is 12.1. The molecule has 0 aliphatic carbocycles. The number of aryl methyl sites for hydroxylation is 3. The van der Waals surface area contributed by atoms with Crippen LogP contribution in [0.4, 0.5) is 0 Å². The van der Waals surface area contributed by atoms with Crippen LogP contribution in [0.15, 0.2) is 36.4 Å². The average Bonchev–Trinajstić information content (AvgIpc) is 2.44. The first-order chi connectivity index (χ1) is 9.88. The maximum absolute atomic E-state index is 12.1. The first-order valence-electron chi connectivity index (χ1n) is 6.70. The highest BCUT2D eigenvalue weighted by Crippen LogP contribution is 2.24. The molecule has 3 nitrogen and oxygen atoms in total. The third kappa shape index (κ3) is 3.31. The number of phenolic OH excluding ortho intramolecular Hbond substituents is 2. The summed E-state index contributed by atoms with van der Waals surface area (Å²) < 4.78 is 0. The van der Waals surface area contributed by atoms with Crippen molar-refractivity contribution in [3.63, 3.8) is 0 Å². The van der Waals surface area contributed by atoms with Gasteiger partial charge in [0.25, 0.3) is 0 Å². The Morgan fingerprint density at radius 1 is 0.952 bits per heavy atom. The third-order valence-corrected chi connectivity index (χ3v) is 3.42. The molecule has 0 saturated carbocycles. The molecule has 21 heavy (non-hydrogen) atoms. The first kappa shape index (κ1) is 14.9. The van der Waals surface area contributed by atoms with E-state index in [9.17, 15) is 15.0 Å². The van der Waals surface area contributed by atoms with E-state index in [1.54, 1.807) is 25.1 Å². The van der Waals surface area contributed by atoms with Gasteiger partial charge in [0.2, 0.25) is 0 Å². The number of aromatic hydroxyl groups is 2. The molecule has 0 bridgehead atoms. The van der Waals surface area contributed by atoms with E-state index in [0.29, 0.717) is 11.1 Å². The molecular formula is C18H18O3. The Kier molecular flexibility index (Phi) is 4.13. The van der Waals surface area contributed by atoms with E-state index in [1.165, 1.54) is 12.1 Å². The number of benzene rings is 2. The number of rotatable bonds is 3. The molecule has 0 atom stereocenters. The molecule has 2 rings (SSSR count). The Morgan fingerprint density at radius 3 is 2.14 bits per heavy atom. The van der Waals surface area contributed by atoms with Crippen LogP contribution in [-0.2, 0) is 0 Å². The van der Waals surface area contributed by atoms with Gasteiger partial charge in [-0.05, 0) is 79.4 Å². The van der Waals surface area contributed by atoms with E-state index in [4.69, 9.17) is 0 Å². The number of allylic oxidation sites excluding steroid dienone is 1. The molecule has 0 unspecified atom stereocenters. The predicted molar refractivity (Wildman–Crippen MR) is 83.8 cm³/mol. The van der Waals surface area contributed by atoms with E-state index < -0.39 is 0 Å². The fourth-order valence-electron chi connectivity index (χ4n) is 2.16. The smallest absolute Gasteiger partial charge is 0.185 e. The highest BCUT2D eigenvalue weighted by Gasteiger charge is 2.05. The standard InChI is InChI=1S/C18H18O3/c1-11-10-15(5-7-16(11)19)17(20)6-4-14-8-12(2)18(21)13(3)9-14/h4-10,19,21H,1-3H3. The van der Waals surface area contributed by atoms with Crippen LogP contribution in [0.3, 0.4) is 0 Å². The minimum absolute atomic E-state index is 0.124. The van der Waals surface area contributed by atoms with Gasteiger partial charge >= 0.3 is 0 Å². The lowest BCUT2D eigenvalue weighted by Crippen LogP contribution is -1.94. The van der Waals surface area contributed by atoms with Gasteiger partial charge in [-0.25, -0.2) is 0 Å². The van der Waals surface area contributed by atoms with E-state index in [0.717, 1.165) is 16.7 Å². The molecule has 2 aromatic rings. The molecule has 0 aromatic heterocycles. The molecule has 0 saturated heterocycles. The van der Waals surface area contributed by atoms with Crippen LogP contribution < -0.4 is 0 Å². The van der Waals surface area contributed by atoms with Gasteiger partial charge in [-0.3, -0.25) is 4.79 Å². The zero-order valence-corrected chi connectivity index (χ0v) is 12.3. The van der Waals surface area contributed by atoms with E-state index in [1.807, 2.05) is 26.0 Å². The number of hydrogen-bond donors (Lipinski definition) is 2. The number of ketones is 1. The van der Waals surface area contributed by atoms with Crippen molar-refractivity contribution in [2.24, 2.45) is 0 Å². The zero-order valence-electron chi connectivity index (χ0n) is 12.3. The summed E-state index contributed by atoms with van der Waals surface area (Å²) in [6.07, 6.45) is 3.22. The van der Waals surface area contributed by atoms with E-state index in [2.05, 4.69) is 0 Å².